The Morgan fingerprint density at radius 2 is 1.61 bits per heavy atom. The first-order valence-electron chi connectivity index (χ1n) is 9.30. The highest BCUT2D eigenvalue weighted by Crippen LogP contribution is 2.18. The van der Waals surface area contributed by atoms with Crippen molar-refractivity contribution in [3.8, 4) is 0 Å². The summed E-state index contributed by atoms with van der Waals surface area (Å²) in [4.78, 5) is 27.1. The van der Waals surface area contributed by atoms with Gasteiger partial charge < -0.3 is 15.5 Å². The van der Waals surface area contributed by atoms with Gasteiger partial charge >= 0.3 is 0 Å². The van der Waals surface area contributed by atoms with Crippen LogP contribution in [0.4, 0.5) is 17.3 Å². The Kier molecular flexibility index (Phi) is 6.51. The number of pyridine rings is 1. The van der Waals surface area contributed by atoms with Crippen LogP contribution in [0, 0.1) is 0 Å². The van der Waals surface area contributed by atoms with Crippen LogP contribution in [-0.4, -0.2) is 33.9 Å². The van der Waals surface area contributed by atoms with Crippen LogP contribution >= 0.6 is 0 Å². The summed E-state index contributed by atoms with van der Waals surface area (Å²) >= 11 is 0. The number of anilines is 3. The first kappa shape index (κ1) is 19.3. The maximum atomic E-state index is 12.4. The van der Waals surface area contributed by atoms with Gasteiger partial charge in [-0.1, -0.05) is 0 Å². The van der Waals surface area contributed by atoms with Gasteiger partial charge in [-0.05, 0) is 55.8 Å². The van der Waals surface area contributed by atoms with Crippen molar-refractivity contribution in [1.29, 1.82) is 0 Å². The summed E-state index contributed by atoms with van der Waals surface area (Å²) in [5.74, 6) is 0.230. The molecule has 7 heteroatoms. The van der Waals surface area contributed by atoms with Crippen LogP contribution in [0.5, 0.6) is 0 Å². The van der Waals surface area contributed by atoms with Crippen LogP contribution in [-0.2, 0) is 6.54 Å². The molecule has 2 heterocycles. The fourth-order valence-electron chi connectivity index (χ4n) is 2.77. The SMILES string of the molecule is CCN(CC)c1ccc(NC(=O)c2cnc(NCc3ccncc3)nc2)cc1. The topological polar surface area (TPSA) is 83.0 Å². The minimum Gasteiger partial charge on any atom is -0.372 e. The lowest BCUT2D eigenvalue weighted by Crippen LogP contribution is -2.21. The van der Waals surface area contributed by atoms with Gasteiger partial charge in [0.25, 0.3) is 5.91 Å². The van der Waals surface area contributed by atoms with E-state index in [4.69, 9.17) is 0 Å². The van der Waals surface area contributed by atoms with Crippen LogP contribution in [0.3, 0.4) is 0 Å². The quantitative estimate of drug-likeness (QED) is 0.625. The zero-order valence-electron chi connectivity index (χ0n) is 16.1. The molecule has 0 saturated carbocycles. The van der Waals surface area contributed by atoms with Crippen molar-refractivity contribution in [2.45, 2.75) is 20.4 Å². The summed E-state index contributed by atoms with van der Waals surface area (Å²) in [6.07, 6.45) is 6.50. The van der Waals surface area contributed by atoms with E-state index in [1.165, 1.54) is 12.4 Å². The summed E-state index contributed by atoms with van der Waals surface area (Å²) < 4.78 is 0. The van der Waals surface area contributed by atoms with Crippen molar-refractivity contribution >= 4 is 23.2 Å². The first-order chi connectivity index (χ1) is 13.7. The Hall–Kier alpha value is -3.48. The van der Waals surface area contributed by atoms with E-state index in [-0.39, 0.29) is 5.91 Å². The lowest BCUT2D eigenvalue weighted by Gasteiger charge is -2.21. The number of amides is 1. The highest BCUT2D eigenvalue weighted by Gasteiger charge is 2.09. The van der Waals surface area contributed by atoms with Gasteiger partial charge in [0.1, 0.15) is 0 Å². The fraction of sp³-hybridized carbons (Fsp3) is 0.238. The molecular weight excluding hydrogens is 352 g/mol. The Morgan fingerprint density at radius 3 is 2.21 bits per heavy atom. The molecule has 2 N–H and O–H groups in total. The average molecular weight is 376 g/mol. The van der Waals surface area contributed by atoms with Gasteiger partial charge in [-0.15, -0.1) is 0 Å². The standard InChI is InChI=1S/C21H24N6O/c1-3-27(4-2)19-7-5-18(6-8-19)26-20(28)17-14-24-21(25-15-17)23-13-16-9-11-22-12-10-16/h5-12,14-15H,3-4,13H2,1-2H3,(H,26,28)(H,23,24,25). The van der Waals surface area contributed by atoms with E-state index < -0.39 is 0 Å². The second-order valence-electron chi connectivity index (χ2n) is 6.18. The minimum atomic E-state index is -0.240. The number of nitrogens with one attached hydrogen (secondary N) is 2. The lowest BCUT2D eigenvalue weighted by atomic mass is 10.2. The van der Waals surface area contributed by atoms with Crippen LogP contribution in [0.2, 0.25) is 0 Å². The molecule has 0 radical (unpaired) electrons. The van der Waals surface area contributed by atoms with Gasteiger partial charge in [-0.3, -0.25) is 9.78 Å². The normalized spacial score (nSPS) is 10.4. The molecule has 0 atom stereocenters. The van der Waals surface area contributed by atoms with Crippen LogP contribution in [0.1, 0.15) is 29.8 Å². The number of hydrogen-bond acceptors (Lipinski definition) is 6. The van der Waals surface area contributed by atoms with Crippen molar-refractivity contribution < 1.29 is 4.79 Å². The molecule has 0 aliphatic carbocycles. The van der Waals surface area contributed by atoms with Crippen molar-refractivity contribution in [3.05, 3.63) is 72.3 Å². The monoisotopic (exact) mass is 376 g/mol. The summed E-state index contributed by atoms with van der Waals surface area (Å²) in [6, 6.07) is 11.6. The predicted molar refractivity (Wildman–Crippen MR) is 112 cm³/mol. The Labute approximate surface area is 164 Å². The maximum absolute atomic E-state index is 12.4. The third-order valence-electron chi connectivity index (χ3n) is 4.37. The maximum Gasteiger partial charge on any atom is 0.258 e. The van der Waals surface area contributed by atoms with Gasteiger partial charge in [0.15, 0.2) is 0 Å². The largest absolute Gasteiger partial charge is 0.372 e. The summed E-state index contributed by atoms with van der Waals surface area (Å²) in [6.45, 7) is 6.72. The van der Waals surface area contributed by atoms with Gasteiger partial charge in [0.05, 0.1) is 5.56 Å². The molecule has 0 unspecified atom stereocenters. The van der Waals surface area contributed by atoms with E-state index in [0.717, 1.165) is 30.0 Å². The second kappa shape index (κ2) is 9.45. The van der Waals surface area contributed by atoms with E-state index >= 15 is 0 Å². The van der Waals surface area contributed by atoms with Crippen molar-refractivity contribution in [3.63, 3.8) is 0 Å². The lowest BCUT2D eigenvalue weighted by molar-refractivity contribution is 0.102. The number of nitrogens with zero attached hydrogens (tertiary/aromatic N) is 4. The highest BCUT2D eigenvalue weighted by atomic mass is 16.1. The molecule has 0 aliphatic heterocycles. The van der Waals surface area contributed by atoms with Crippen LogP contribution in [0.15, 0.2) is 61.2 Å². The molecular formula is C21H24N6O. The molecule has 0 aliphatic rings. The molecule has 0 bridgehead atoms. The smallest absolute Gasteiger partial charge is 0.258 e. The highest BCUT2D eigenvalue weighted by molar-refractivity contribution is 6.03. The van der Waals surface area contributed by atoms with E-state index in [2.05, 4.69) is 44.3 Å². The molecule has 3 aromatic rings. The third-order valence-corrected chi connectivity index (χ3v) is 4.37. The summed E-state index contributed by atoms with van der Waals surface area (Å²) in [5.41, 5.74) is 3.35. The van der Waals surface area contributed by atoms with Gasteiger partial charge in [-0.2, -0.15) is 0 Å². The number of carbonyl (C=O) groups is 1. The number of carbonyl (C=O) groups excluding carboxylic acids is 1. The van der Waals surface area contributed by atoms with Gasteiger partial charge in [0.2, 0.25) is 5.95 Å². The van der Waals surface area contributed by atoms with E-state index in [1.54, 1.807) is 12.4 Å². The molecule has 0 fully saturated rings. The van der Waals surface area contributed by atoms with Gasteiger partial charge in [0, 0.05) is 55.8 Å². The van der Waals surface area contributed by atoms with Gasteiger partial charge in [-0.25, -0.2) is 9.97 Å². The first-order valence-corrected chi connectivity index (χ1v) is 9.30. The van der Waals surface area contributed by atoms with E-state index in [0.29, 0.717) is 18.1 Å². The minimum absolute atomic E-state index is 0.240. The molecule has 0 saturated heterocycles. The van der Waals surface area contributed by atoms with E-state index in [9.17, 15) is 4.79 Å². The third kappa shape index (κ3) is 5.03. The van der Waals surface area contributed by atoms with Crippen LogP contribution < -0.4 is 15.5 Å². The van der Waals surface area contributed by atoms with E-state index in [1.807, 2.05) is 36.4 Å². The number of aromatic nitrogens is 3. The second-order valence-corrected chi connectivity index (χ2v) is 6.18. The number of benzene rings is 1. The molecule has 0 spiro atoms. The summed E-state index contributed by atoms with van der Waals surface area (Å²) in [7, 11) is 0. The molecule has 2 aromatic heterocycles. The molecule has 144 valence electrons. The number of hydrogen-bond donors (Lipinski definition) is 2. The van der Waals surface area contributed by atoms with Crippen molar-refractivity contribution in [2.24, 2.45) is 0 Å². The summed E-state index contributed by atoms with van der Waals surface area (Å²) in [5, 5.41) is 5.99. The molecule has 3 rings (SSSR count). The number of rotatable bonds is 8. The zero-order valence-corrected chi connectivity index (χ0v) is 16.1. The Bertz CT molecular complexity index is 877. The molecule has 7 nitrogen and oxygen atoms in total. The van der Waals surface area contributed by atoms with Crippen molar-refractivity contribution in [2.75, 3.05) is 28.6 Å². The van der Waals surface area contributed by atoms with Crippen molar-refractivity contribution in [1.82, 2.24) is 15.0 Å². The Morgan fingerprint density at radius 1 is 0.964 bits per heavy atom. The Balaban J connectivity index is 1.57. The fourth-order valence-corrected chi connectivity index (χ4v) is 2.77. The zero-order chi connectivity index (χ0) is 19.8. The average Bonchev–Trinajstić information content (AvgIpc) is 2.75. The molecule has 1 amide bonds. The molecule has 1 aromatic carbocycles. The molecule has 28 heavy (non-hydrogen) atoms. The predicted octanol–water partition coefficient (Wildman–Crippen LogP) is 3.58. The van der Waals surface area contributed by atoms with Crippen LogP contribution in [0.25, 0.3) is 0 Å².